The van der Waals surface area contributed by atoms with Crippen molar-refractivity contribution in [3.63, 3.8) is 0 Å². The summed E-state index contributed by atoms with van der Waals surface area (Å²) in [5.74, 6) is 0.438. The average Bonchev–Trinajstić information content (AvgIpc) is 2.29. The fourth-order valence-electron chi connectivity index (χ4n) is 1.49. The predicted molar refractivity (Wildman–Crippen MR) is 63.1 cm³/mol. The Balaban J connectivity index is 2.47. The van der Waals surface area contributed by atoms with Gasteiger partial charge < -0.3 is 9.84 Å². The van der Waals surface area contributed by atoms with E-state index in [-0.39, 0.29) is 11.3 Å². The van der Waals surface area contributed by atoms with Crippen LogP contribution in [-0.4, -0.2) is 18.0 Å². The number of carbonyl (C=O) groups excluding carboxylic acids is 1. The first-order chi connectivity index (χ1) is 7.79. The van der Waals surface area contributed by atoms with E-state index in [1.54, 1.807) is 12.1 Å². The first-order valence-electron chi connectivity index (χ1n) is 5.69. The Bertz CT molecular complexity index is 334. The summed E-state index contributed by atoms with van der Waals surface area (Å²) < 4.78 is 5.46. The van der Waals surface area contributed by atoms with Crippen LogP contribution in [0.15, 0.2) is 18.2 Å². The number of phenolic OH excluding ortho intramolecular Hbond substituents is 1. The number of aldehydes is 1. The smallest absolute Gasteiger partial charge is 0.157 e. The zero-order valence-corrected chi connectivity index (χ0v) is 9.61. The van der Waals surface area contributed by atoms with Gasteiger partial charge >= 0.3 is 0 Å². The summed E-state index contributed by atoms with van der Waals surface area (Å²) in [4.78, 5) is 10.7. The van der Waals surface area contributed by atoms with Gasteiger partial charge in [0.15, 0.2) is 6.29 Å². The minimum atomic E-state index is -0.0268. The molecule has 0 aliphatic carbocycles. The van der Waals surface area contributed by atoms with Gasteiger partial charge in [0.1, 0.15) is 11.5 Å². The molecule has 1 aromatic carbocycles. The summed E-state index contributed by atoms with van der Waals surface area (Å²) in [6.07, 6.45) is 5.11. The monoisotopic (exact) mass is 222 g/mol. The zero-order chi connectivity index (χ0) is 11.8. The van der Waals surface area contributed by atoms with Crippen LogP contribution in [0.3, 0.4) is 0 Å². The predicted octanol–water partition coefficient (Wildman–Crippen LogP) is 3.16. The third-order valence-corrected chi connectivity index (χ3v) is 2.42. The first kappa shape index (κ1) is 12.6. The normalized spacial score (nSPS) is 10.1. The summed E-state index contributed by atoms with van der Waals surface area (Å²) >= 11 is 0. The second-order valence-electron chi connectivity index (χ2n) is 3.72. The second-order valence-corrected chi connectivity index (χ2v) is 3.72. The Hall–Kier alpha value is -1.51. The van der Waals surface area contributed by atoms with E-state index in [4.69, 9.17) is 4.74 Å². The van der Waals surface area contributed by atoms with Crippen LogP contribution in [0.2, 0.25) is 0 Å². The molecule has 3 nitrogen and oxygen atoms in total. The lowest BCUT2D eigenvalue weighted by atomic mass is 10.2. The average molecular weight is 222 g/mol. The van der Waals surface area contributed by atoms with Crippen molar-refractivity contribution in [2.45, 2.75) is 32.6 Å². The lowest BCUT2D eigenvalue weighted by Crippen LogP contribution is -2.00. The van der Waals surface area contributed by atoms with Crippen molar-refractivity contribution in [1.82, 2.24) is 0 Å². The van der Waals surface area contributed by atoms with E-state index in [1.165, 1.54) is 18.9 Å². The summed E-state index contributed by atoms with van der Waals surface area (Å²) in [7, 11) is 0. The van der Waals surface area contributed by atoms with Gasteiger partial charge in [-0.15, -0.1) is 0 Å². The molecule has 1 rings (SSSR count). The van der Waals surface area contributed by atoms with Gasteiger partial charge in [-0.05, 0) is 18.6 Å². The van der Waals surface area contributed by atoms with Gasteiger partial charge in [0.05, 0.1) is 12.2 Å². The van der Waals surface area contributed by atoms with E-state index in [0.717, 1.165) is 12.8 Å². The molecule has 0 saturated carbocycles. The van der Waals surface area contributed by atoms with Crippen molar-refractivity contribution in [3.8, 4) is 11.5 Å². The molecule has 0 unspecified atom stereocenters. The Morgan fingerprint density at radius 1 is 1.31 bits per heavy atom. The Labute approximate surface area is 96.1 Å². The molecule has 0 bridgehead atoms. The van der Waals surface area contributed by atoms with Crippen LogP contribution in [0.5, 0.6) is 11.5 Å². The quantitative estimate of drug-likeness (QED) is 0.569. The molecule has 0 aliphatic heterocycles. The SMILES string of the molecule is CCCCCCOc1cccc(O)c1C=O. The zero-order valence-electron chi connectivity index (χ0n) is 9.61. The Kier molecular flexibility index (Phi) is 5.40. The highest BCUT2D eigenvalue weighted by Gasteiger charge is 2.07. The van der Waals surface area contributed by atoms with Crippen molar-refractivity contribution in [2.75, 3.05) is 6.61 Å². The number of hydrogen-bond acceptors (Lipinski definition) is 3. The molecule has 0 heterocycles. The van der Waals surface area contributed by atoms with Crippen molar-refractivity contribution in [1.29, 1.82) is 0 Å². The number of ether oxygens (including phenoxy) is 1. The maximum absolute atomic E-state index is 10.7. The molecular weight excluding hydrogens is 204 g/mol. The van der Waals surface area contributed by atoms with Gasteiger partial charge in [0, 0.05) is 0 Å². The highest BCUT2D eigenvalue weighted by atomic mass is 16.5. The molecule has 1 N–H and O–H groups in total. The molecule has 88 valence electrons. The van der Waals surface area contributed by atoms with Crippen LogP contribution < -0.4 is 4.74 Å². The molecule has 0 spiro atoms. The minimum absolute atomic E-state index is 0.0268. The maximum Gasteiger partial charge on any atom is 0.157 e. The largest absolute Gasteiger partial charge is 0.507 e. The molecule has 0 saturated heterocycles. The van der Waals surface area contributed by atoms with Crippen LogP contribution in [0.4, 0.5) is 0 Å². The van der Waals surface area contributed by atoms with E-state index >= 15 is 0 Å². The minimum Gasteiger partial charge on any atom is -0.507 e. The van der Waals surface area contributed by atoms with Crippen LogP contribution in [-0.2, 0) is 0 Å². The summed E-state index contributed by atoms with van der Waals surface area (Å²) in [6.45, 7) is 2.74. The fourth-order valence-corrected chi connectivity index (χ4v) is 1.49. The number of phenols is 1. The van der Waals surface area contributed by atoms with E-state index in [1.807, 2.05) is 0 Å². The van der Waals surface area contributed by atoms with Crippen LogP contribution in [0, 0.1) is 0 Å². The number of rotatable bonds is 7. The molecular formula is C13H18O3. The molecule has 0 aromatic heterocycles. The highest BCUT2D eigenvalue weighted by molar-refractivity contribution is 5.83. The molecule has 0 atom stereocenters. The number of unbranched alkanes of at least 4 members (excludes halogenated alkanes) is 3. The maximum atomic E-state index is 10.7. The molecule has 0 radical (unpaired) electrons. The van der Waals surface area contributed by atoms with Crippen molar-refractivity contribution in [2.24, 2.45) is 0 Å². The highest BCUT2D eigenvalue weighted by Crippen LogP contribution is 2.25. The Morgan fingerprint density at radius 3 is 2.81 bits per heavy atom. The van der Waals surface area contributed by atoms with Crippen molar-refractivity contribution < 1.29 is 14.6 Å². The number of hydrogen-bond donors (Lipinski definition) is 1. The van der Waals surface area contributed by atoms with Gasteiger partial charge in [0.2, 0.25) is 0 Å². The van der Waals surface area contributed by atoms with Gasteiger partial charge in [-0.1, -0.05) is 32.3 Å². The van der Waals surface area contributed by atoms with E-state index in [9.17, 15) is 9.90 Å². The summed E-state index contributed by atoms with van der Waals surface area (Å²) in [5.41, 5.74) is 0.234. The molecule has 1 aromatic rings. The van der Waals surface area contributed by atoms with E-state index in [0.29, 0.717) is 18.6 Å². The third kappa shape index (κ3) is 3.57. The Morgan fingerprint density at radius 2 is 2.12 bits per heavy atom. The van der Waals surface area contributed by atoms with Gasteiger partial charge in [0.25, 0.3) is 0 Å². The molecule has 0 fully saturated rings. The number of benzene rings is 1. The third-order valence-electron chi connectivity index (χ3n) is 2.42. The van der Waals surface area contributed by atoms with Gasteiger partial charge in [-0.25, -0.2) is 0 Å². The van der Waals surface area contributed by atoms with Crippen molar-refractivity contribution in [3.05, 3.63) is 23.8 Å². The standard InChI is InChI=1S/C13H18O3/c1-2-3-4-5-9-16-13-8-6-7-12(15)11(13)10-14/h6-8,10,15H,2-5,9H2,1H3. The number of aromatic hydroxyl groups is 1. The van der Waals surface area contributed by atoms with E-state index in [2.05, 4.69) is 6.92 Å². The molecule has 16 heavy (non-hydrogen) atoms. The van der Waals surface area contributed by atoms with Crippen molar-refractivity contribution >= 4 is 6.29 Å². The van der Waals surface area contributed by atoms with Gasteiger partial charge in [-0.2, -0.15) is 0 Å². The summed E-state index contributed by atoms with van der Waals surface area (Å²) in [5, 5.41) is 9.42. The lowest BCUT2D eigenvalue weighted by Gasteiger charge is -2.08. The van der Waals surface area contributed by atoms with Crippen LogP contribution in [0.25, 0.3) is 0 Å². The van der Waals surface area contributed by atoms with Gasteiger partial charge in [-0.3, -0.25) is 4.79 Å². The van der Waals surface area contributed by atoms with Crippen LogP contribution in [0.1, 0.15) is 43.0 Å². The molecule has 3 heteroatoms. The number of carbonyl (C=O) groups is 1. The van der Waals surface area contributed by atoms with Crippen LogP contribution >= 0.6 is 0 Å². The summed E-state index contributed by atoms with van der Waals surface area (Å²) in [6, 6.07) is 4.85. The topological polar surface area (TPSA) is 46.5 Å². The fraction of sp³-hybridized carbons (Fsp3) is 0.462. The van der Waals surface area contributed by atoms with E-state index < -0.39 is 0 Å². The molecule has 0 aliphatic rings. The first-order valence-corrected chi connectivity index (χ1v) is 5.69. The second kappa shape index (κ2) is 6.88. The molecule has 0 amide bonds. The lowest BCUT2D eigenvalue weighted by molar-refractivity contribution is 0.111.